The van der Waals surface area contributed by atoms with E-state index < -0.39 is 0 Å². The third-order valence-electron chi connectivity index (χ3n) is 4.24. The molecule has 3 atom stereocenters. The van der Waals surface area contributed by atoms with Crippen molar-refractivity contribution in [2.24, 2.45) is 0 Å². The van der Waals surface area contributed by atoms with Crippen LogP contribution in [-0.2, 0) is 4.79 Å². The number of hydrogen-bond donors (Lipinski definition) is 2. The first-order valence-corrected chi connectivity index (χ1v) is 7.56. The second-order valence-corrected chi connectivity index (χ2v) is 5.84. The number of amides is 1. The largest absolute Gasteiger partial charge is 0.392 e. The number of hydrogen-bond acceptors (Lipinski definition) is 4. The van der Waals surface area contributed by atoms with E-state index in [4.69, 9.17) is 0 Å². The van der Waals surface area contributed by atoms with Gasteiger partial charge >= 0.3 is 0 Å². The second-order valence-electron chi connectivity index (χ2n) is 5.84. The molecule has 2 aliphatic rings. The Morgan fingerprint density at radius 2 is 2.26 bits per heavy atom. The molecule has 5 heteroatoms. The fourth-order valence-electron chi connectivity index (χ4n) is 3.18. The summed E-state index contributed by atoms with van der Waals surface area (Å²) in [6.07, 6.45) is 2.81. The average Bonchev–Trinajstić information content (AvgIpc) is 2.91. The van der Waals surface area contributed by atoms with Crippen LogP contribution in [0.25, 0.3) is 0 Å². The Hall–Kier alpha value is -0.650. The van der Waals surface area contributed by atoms with E-state index in [0.29, 0.717) is 12.6 Å². The van der Waals surface area contributed by atoms with Crippen molar-refractivity contribution >= 4 is 5.91 Å². The second kappa shape index (κ2) is 6.68. The molecule has 2 heterocycles. The smallest absolute Gasteiger partial charge is 0.239 e. The molecule has 5 nitrogen and oxygen atoms in total. The first-order valence-electron chi connectivity index (χ1n) is 7.56. The van der Waals surface area contributed by atoms with Gasteiger partial charge in [-0.25, -0.2) is 0 Å². The Morgan fingerprint density at radius 3 is 2.84 bits per heavy atom. The summed E-state index contributed by atoms with van der Waals surface area (Å²) in [5, 5.41) is 12.8. The lowest BCUT2D eigenvalue weighted by Gasteiger charge is -2.42. The third-order valence-corrected chi connectivity index (χ3v) is 4.24. The fraction of sp³-hybridized carbons (Fsp3) is 0.929. The van der Waals surface area contributed by atoms with Crippen molar-refractivity contribution in [2.45, 2.75) is 51.3 Å². The van der Waals surface area contributed by atoms with Crippen molar-refractivity contribution in [3.63, 3.8) is 0 Å². The summed E-state index contributed by atoms with van der Waals surface area (Å²) in [4.78, 5) is 16.7. The van der Waals surface area contributed by atoms with Gasteiger partial charge in [0.05, 0.1) is 12.1 Å². The normalized spacial score (nSPS) is 30.6. The Kier molecular flexibility index (Phi) is 5.19. The fourth-order valence-corrected chi connectivity index (χ4v) is 3.18. The molecule has 3 unspecified atom stereocenters. The highest BCUT2D eigenvalue weighted by Crippen LogP contribution is 2.16. The van der Waals surface area contributed by atoms with Gasteiger partial charge in [0, 0.05) is 32.2 Å². The Balaban J connectivity index is 1.90. The van der Waals surface area contributed by atoms with Gasteiger partial charge in [0.2, 0.25) is 5.91 Å². The van der Waals surface area contributed by atoms with E-state index in [1.54, 1.807) is 0 Å². The van der Waals surface area contributed by atoms with Crippen LogP contribution in [0.4, 0.5) is 0 Å². The highest BCUT2D eigenvalue weighted by molar-refractivity contribution is 5.82. The van der Waals surface area contributed by atoms with E-state index in [0.717, 1.165) is 45.4 Å². The lowest BCUT2D eigenvalue weighted by atomic mass is 10.1. The molecule has 0 aromatic carbocycles. The van der Waals surface area contributed by atoms with Crippen LogP contribution in [0.15, 0.2) is 0 Å². The highest BCUT2D eigenvalue weighted by atomic mass is 16.3. The van der Waals surface area contributed by atoms with Gasteiger partial charge in [0.25, 0.3) is 0 Å². The molecule has 0 radical (unpaired) electrons. The maximum absolute atomic E-state index is 12.4. The molecule has 2 fully saturated rings. The van der Waals surface area contributed by atoms with E-state index in [1.165, 1.54) is 0 Å². The van der Waals surface area contributed by atoms with Gasteiger partial charge in [-0.15, -0.1) is 0 Å². The summed E-state index contributed by atoms with van der Waals surface area (Å²) in [5.74, 6) is 0.271. The van der Waals surface area contributed by atoms with Crippen LogP contribution in [0.1, 0.15) is 33.1 Å². The predicted octanol–water partition coefficient (Wildman–Crippen LogP) is 0.0420. The zero-order valence-electron chi connectivity index (χ0n) is 12.1. The minimum atomic E-state index is -0.298. The zero-order chi connectivity index (χ0) is 13.8. The van der Waals surface area contributed by atoms with E-state index in [-0.39, 0.29) is 18.1 Å². The number of rotatable bonds is 4. The van der Waals surface area contributed by atoms with Gasteiger partial charge in [-0.05, 0) is 32.7 Å². The molecule has 110 valence electrons. The van der Waals surface area contributed by atoms with Crippen LogP contribution in [0.2, 0.25) is 0 Å². The summed E-state index contributed by atoms with van der Waals surface area (Å²) >= 11 is 0. The molecule has 0 aromatic heterocycles. The number of aliphatic hydroxyl groups is 1. The molecular formula is C14H27N3O2. The lowest BCUT2D eigenvalue weighted by Crippen LogP contribution is -2.58. The third kappa shape index (κ3) is 3.68. The minimum absolute atomic E-state index is 0.0424. The number of aliphatic hydroxyl groups excluding tert-OH is 1. The van der Waals surface area contributed by atoms with Crippen molar-refractivity contribution in [1.82, 2.24) is 15.1 Å². The summed E-state index contributed by atoms with van der Waals surface area (Å²) in [6.45, 7) is 8.13. The van der Waals surface area contributed by atoms with Gasteiger partial charge in [-0.3, -0.25) is 9.69 Å². The van der Waals surface area contributed by atoms with E-state index in [1.807, 2.05) is 11.8 Å². The molecule has 1 amide bonds. The number of carbonyl (C=O) groups is 1. The van der Waals surface area contributed by atoms with Gasteiger partial charge in [-0.2, -0.15) is 0 Å². The van der Waals surface area contributed by atoms with Crippen LogP contribution in [-0.4, -0.2) is 71.7 Å². The topological polar surface area (TPSA) is 55.8 Å². The van der Waals surface area contributed by atoms with Crippen molar-refractivity contribution < 1.29 is 9.90 Å². The van der Waals surface area contributed by atoms with E-state index in [2.05, 4.69) is 17.1 Å². The van der Waals surface area contributed by atoms with Gasteiger partial charge in [0.1, 0.15) is 0 Å². The summed E-state index contributed by atoms with van der Waals surface area (Å²) in [7, 11) is 0. The number of β-amino-alcohol motifs (C(OH)–C–C–N with tert-alkyl or cyclic N) is 1. The first kappa shape index (κ1) is 14.8. The predicted molar refractivity (Wildman–Crippen MR) is 74.9 cm³/mol. The molecule has 19 heavy (non-hydrogen) atoms. The van der Waals surface area contributed by atoms with Crippen molar-refractivity contribution in [3.05, 3.63) is 0 Å². The van der Waals surface area contributed by atoms with Crippen LogP contribution in [0.5, 0.6) is 0 Å². The molecule has 2 N–H and O–H groups in total. The summed E-state index contributed by atoms with van der Waals surface area (Å²) < 4.78 is 0. The van der Waals surface area contributed by atoms with Gasteiger partial charge in [-0.1, -0.05) is 6.92 Å². The summed E-state index contributed by atoms with van der Waals surface area (Å²) in [6, 6.07) is 0.425. The average molecular weight is 269 g/mol. The molecular weight excluding hydrogens is 242 g/mol. The van der Waals surface area contributed by atoms with Crippen molar-refractivity contribution in [2.75, 3.05) is 32.7 Å². The maximum Gasteiger partial charge on any atom is 0.239 e. The van der Waals surface area contributed by atoms with Crippen molar-refractivity contribution in [1.29, 1.82) is 0 Å². The van der Waals surface area contributed by atoms with E-state index >= 15 is 0 Å². The maximum atomic E-state index is 12.4. The SMILES string of the molecule is CCC1CN(C(=O)C2CCCN2)CCN1CC(C)O. The van der Waals surface area contributed by atoms with Crippen LogP contribution in [0, 0.1) is 0 Å². The van der Waals surface area contributed by atoms with Crippen LogP contribution >= 0.6 is 0 Å². The molecule has 0 bridgehead atoms. The Morgan fingerprint density at radius 1 is 1.47 bits per heavy atom. The number of piperazine rings is 1. The number of nitrogens with one attached hydrogen (secondary N) is 1. The Bertz CT molecular complexity index is 303. The lowest BCUT2D eigenvalue weighted by molar-refractivity contribution is -0.136. The molecule has 0 aliphatic carbocycles. The van der Waals surface area contributed by atoms with Crippen LogP contribution < -0.4 is 5.32 Å². The summed E-state index contributed by atoms with van der Waals surface area (Å²) in [5.41, 5.74) is 0. The highest BCUT2D eigenvalue weighted by Gasteiger charge is 2.33. The molecule has 2 rings (SSSR count). The molecule has 0 aromatic rings. The number of carbonyl (C=O) groups excluding carboxylic acids is 1. The number of nitrogens with zero attached hydrogens (tertiary/aromatic N) is 2. The van der Waals surface area contributed by atoms with Crippen LogP contribution in [0.3, 0.4) is 0 Å². The zero-order valence-corrected chi connectivity index (χ0v) is 12.1. The van der Waals surface area contributed by atoms with Gasteiger partial charge in [0.15, 0.2) is 0 Å². The molecule has 0 spiro atoms. The molecule has 0 saturated carbocycles. The Labute approximate surface area is 115 Å². The molecule has 2 saturated heterocycles. The van der Waals surface area contributed by atoms with E-state index in [9.17, 15) is 9.90 Å². The van der Waals surface area contributed by atoms with Gasteiger partial charge < -0.3 is 15.3 Å². The van der Waals surface area contributed by atoms with Crippen molar-refractivity contribution in [3.8, 4) is 0 Å². The standard InChI is InChI=1S/C14H27N3O2/c1-3-12-10-17(8-7-16(12)9-11(2)18)14(19)13-5-4-6-15-13/h11-13,15,18H,3-10H2,1-2H3. The monoisotopic (exact) mass is 269 g/mol. The minimum Gasteiger partial charge on any atom is -0.392 e. The molecule has 2 aliphatic heterocycles. The first-order chi connectivity index (χ1) is 9.11. The quantitative estimate of drug-likeness (QED) is 0.757.